The molecule has 2 rings (SSSR count). The third-order valence-corrected chi connectivity index (χ3v) is 5.72. The molecule has 0 atom stereocenters. The van der Waals surface area contributed by atoms with Crippen LogP contribution in [-0.4, -0.2) is 11.3 Å². The molecule has 0 aliphatic rings. The zero-order chi connectivity index (χ0) is 21.6. The molecule has 164 valence electrons. The first-order chi connectivity index (χ1) is 14.7. The van der Waals surface area contributed by atoms with E-state index in [1.165, 1.54) is 68.9 Å². The number of ether oxygens (including phenoxy) is 1. The number of hydrogen-bond donors (Lipinski definition) is 1. The predicted molar refractivity (Wildman–Crippen MR) is 125 cm³/mol. The highest BCUT2D eigenvalue weighted by atomic mass is 16.7. The lowest BCUT2D eigenvalue weighted by Gasteiger charge is -2.17. The zero-order valence-electron chi connectivity index (χ0n) is 18.8. The summed E-state index contributed by atoms with van der Waals surface area (Å²) in [5, 5.41) is 9.22. The average molecular weight is 411 g/mol. The number of carboxylic acid groups (broad SMARTS) is 1. The van der Waals surface area contributed by atoms with Gasteiger partial charge in [-0.05, 0) is 48.4 Å². The van der Waals surface area contributed by atoms with Gasteiger partial charge in [-0.2, -0.15) is 0 Å². The molecular weight excluding hydrogens is 372 g/mol. The van der Waals surface area contributed by atoms with Gasteiger partial charge in [0.1, 0.15) is 5.75 Å². The molecule has 0 spiro atoms. The van der Waals surface area contributed by atoms with E-state index in [-0.39, 0.29) is 0 Å². The van der Waals surface area contributed by atoms with Crippen molar-refractivity contribution in [3.8, 4) is 16.9 Å². The Morgan fingerprint density at radius 3 is 2.07 bits per heavy atom. The van der Waals surface area contributed by atoms with Crippen molar-refractivity contribution in [2.24, 2.45) is 0 Å². The average Bonchev–Trinajstić information content (AvgIpc) is 2.74. The molecule has 0 heterocycles. The van der Waals surface area contributed by atoms with Gasteiger partial charge in [0.15, 0.2) is 0 Å². The Bertz CT molecular complexity index is 766. The molecule has 2 aromatic rings. The maximum absolute atomic E-state index is 11.3. The first-order valence-corrected chi connectivity index (χ1v) is 11.8. The minimum Gasteiger partial charge on any atom is -0.449 e. The number of benzene rings is 2. The number of rotatable bonds is 14. The fourth-order valence-corrected chi connectivity index (χ4v) is 4.09. The van der Waals surface area contributed by atoms with Crippen molar-refractivity contribution >= 4 is 6.16 Å². The molecule has 0 unspecified atom stereocenters. The molecule has 0 aromatic heterocycles. The van der Waals surface area contributed by atoms with E-state index >= 15 is 0 Å². The molecular formula is C27H38O3. The summed E-state index contributed by atoms with van der Waals surface area (Å²) in [4.78, 5) is 11.3. The van der Waals surface area contributed by atoms with Crippen LogP contribution in [-0.2, 0) is 12.8 Å². The van der Waals surface area contributed by atoms with Crippen LogP contribution >= 0.6 is 0 Å². The molecule has 0 bridgehead atoms. The standard InChI is InChI=1S/C27H38O3/c1-3-5-7-9-10-12-19-25-24(20-15-21-26(25)30-27(28)29)23-18-14-13-17-22(23)16-11-8-6-4-2/h13-15,17-18,20-21H,3-12,16,19H2,1-2H3,(H,28,29). The van der Waals surface area contributed by atoms with Gasteiger partial charge in [0.2, 0.25) is 0 Å². The fraction of sp³-hybridized carbons (Fsp3) is 0.519. The summed E-state index contributed by atoms with van der Waals surface area (Å²) in [5.74, 6) is 0.481. The van der Waals surface area contributed by atoms with Gasteiger partial charge in [0, 0.05) is 5.56 Å². The third kappa shape index (κ3) is 7.85. The van der Waals surface area contributed by atoms with Gasteiger partial charge in [0.25, 0.3) is 0 Å². The Morgan fingerprint density at radius 1 is 0.733 bits per heavy atom. The molecule has 0 aliphatic carbocycles. The lowest BCUT2D eigenvalue weighted by Crippen LogP contribution is -2.07. The second-order valence-corrected chi connectivity index (χ2v) is 8.14. The second kappa shape index (κ2) is 13.8. The predicted octanol–water partition coefficient (Wildman–Crippen LogP) is 8.44. The lowest BCUT2D eigenvalue weighted by atomic mass is 9.90. The van der Waals surface area contributed by atoms with E-state index in [0.29, 0.717) is 5.75 Å². The van der Waals surface area contributed by atoms with Gasteiger partial charge in [0.05, 0.1) is 0 Å². The van der Waals surface area contributed by atoms with Crippen molar-refractivity contribution in [1.29, 1.82) is 0 Å². The van der Waals surface area contributed by atoms with E-state index in [2.05, 4.69) is 44.2 Å². The Balaban J connectivity index is 2.24. The minimum absolute atomic E-state index is 0.481. The highest BCUT2D eigenvalue weighted by molar-refractivity contribution is 5.74. The second-order valence-electron chi connectivity index (χ2n) is 8.14. The largest absolute Gasteiger partial charge is 0.511 e. The van der Waals surface area contributed by atoms with Crippen LogP contribution in [0.5, 0.6) is 5.75 Å². The Labute approximate surface area is 182 Å². The summed E-state index contributed by atoms with van der Waals surface area (Å²) >= 11 is 0. The molecule has 30 heavy (non-hydrogen) atoms. The summed E-state index contributed by atoms with van der Waals surface area (Å²) < 4.78 is 5.17. The zero-order valence-corrected chi connectivity index (χ0v) is 18.8. The van der Waals surface area contributed by atoms with E-state index in [0.717, 1.165) is 30.4 Å². The first-order valence-electron chi connectivity index (χ1n) is 11.8. The van der Waals surface area contributed by atoms with Crippen LogP contribution in [0.4, 0.5) is 4.79 Å². The molecule has 0 radical (unpaired) electrons. The van der Waals surface area contributed by atoms with E-state index < -0.39 is 6.16 Å². The van der Waals surface area contributed by atoms with Crippen molar-refractivity contribution in [2.75, 3.05) is 0 Å². The topological polar surface area (TPSA) is 46.5 Å². The van der Waals surface area contributed by atoms with Gasteiger partial charge in [-0.15, -0.1) is 0 Å². The van der Waals surface area contributed by atoms with Crippen LogP contribution in [0.15, 0.2) is 42.5 Å². The normalized spacial score (nSPS) is 10.9. The summed E-state index contributed by atoms with van der Waals surface area (Å²) in [6, 6.07) is 14.4. The van der Waals surface area contributed by atoms with Gasteiger partial charge >= 0.3 is 6.16 Å². The first kappa shape index (κ1) is 24.0. The van der Waals surface area contributed by atoms with E-state index in [9.17, 15) is 9.90 Å². The third-order valence-electron chi connectivity index (χ3n) is 5.72. The van der Waals surface area contributed by atoms with Crippen LogP contribution in [0.3, 0.4) is 0 Å². The minimum atomic E-state index is -1.25. The quantitative estimate of drug-likeness (QED) is 0.193. The van der Waals surface area contributed by atoms with E-state index in [1.807, 2.05) is 6.07 Å². The van der Waals surface area contributed by atoms with Crippen molar-refractivity contribution < 1.29 is 14.6 Å². The Kier molecular flexibility index (Phi) is 11.1. The number of aryl methyl sites for hydroxylation is 1. The van der Waals surface area contributed by atoms with Crippen LogP contribution in [0.25, 0.3) is 11.1 Å². The molecule has 0 saturated carbocycles. The monoisotopic (exact) mass is 410 g/mol. The maximum atomic E-state index is 11.3. The molecule has 3 heteroatoms. The smallest absolute Gasteiger partial charge is 0.449 e. The number of hydrogen-bond acceptors (Lipinski definition) is 2. The van der Waals surface area contributed by atoms with E-state index in [4.69, 9.17) is 4.74 Å². The molecule has 0 fully saturated rings. The Hall–Kier alpha value is -2.29. The Morgan fingerprint density at radius 2 is 1.33 bits per heavy atom. The molecule has 0 saturated heterocycles. The van der Waals surface area contributed by atoms with Crippen LogP contribution < -0.4 is 4.74 Å². The summed E-state index contributed by atoms with van der Waals surface area (Å²) in [5.41, 5.74) is 4.70. The summed E-state index contributed by atoms with van der Waals surface area (Å²) in [6.07, 6.45) is 12.8. The van der Waals surface area contributed by atoms with Crippen molar-refractivity contribution in [2.45, 2.75) is 90.9 Å². The molecule has 0 amide bonds. The van der Waals surface area contributed by atoms with Crippen molar-refractivity contribution in [3.05, 3.63) is 53.6 Å². The van der Waals surface area contributed by atoms with Gasteiger partial charge < -0.3 is 9.84 Å². The van der Waals surface area contributed by atoms with Crippen LogP contribution in [0.1, 0.15) is 89.2 Å². The van der Waals surface area contributed by atoms with E-state index in [1.54, 1.807) is 6.07 Å². The van der Waals surface area contributed by atoms with Crippen molar-refractivity contribution in [1.82, 2.24) is 0 Å². The SMILES string of the molecule is CCCCCCCCc1c(OC(=O)O)cccc1-c1ccccc1CCCCCC. The number of unbranched alkanes of at least 4 members (excludes halogenated alkanes) is 8. The number of carbonyl (C=O) groups is 1. The van der Waals surface area contributed by atoms with Crippen LogP contribution in [0.2, 0.25) is 0 Å². The van der Waals surface area contributed by atoms with Gasteiger partial charge in [-0.25, -0.2) is 4.79 Å². The summed E-state index contributed by atoms with van der Waals surface area (Å²) in [7, 11) is 0. The fourth-order valence-electron chi connectivity index (χ4n) is 4.09. The lowest BCUT2D eigenvalue weighted by molar-refractivity contribution is 0.144. The molecule has 3 nitrogen and oxygen atoms in total. The molecule has 1 N–H and O–H groups in total. The summed E-state index contributed by atoms with van der Waals surface area (Å²) in [6.45, 7) is 4.46. The maximum Gasteiger partial charge on any atom is 0.511 e. The van der Waals surface area contributed by atoms with Gasteiger partial charge in [-0.3, -0.25) is 0 Å². The highest BCUT2D eigenvalue weighted by Crippen LogP contribution is 2.35. The van der Waals surface area contributed by atoms with Crippen LogP contribution in [0, 0.1) is 0 Å². The highest BCUT2D eigenvalue weighted by Gasteiger charge is 2.15. The van der Waals surface area contributed by atoms with Crippen molar-refractivity contribution in [3.63, 3.8) is 0 Å². The molecule has 2 aromatic carbocycles. The van der Waals surface area contributed by atoms with Gasteiger partial charge in [-0.1, -0.05) is 102 Å². The molecule has 0 aliphatic heterocycles.